The summed E-state index contributed by atoms with van der Waals surface area (Å²) in [5.74, 6) is 11.6. The highest BCUT2D eigenvalue weighted by molar-refractivity contribution is 6.41. The summed E-state index contributed by atoms with van der Waals surface area (Å²) < 4.78 is 0. The lowest BCUT2D eigenvalue weighted by atomic mass is 10.0. The molecule has 0 nitrogen and oxygen atoms in total. The average Bonchev–Trinajstić information content (AvgIpc) is 2.47. The first kappa shape index (κ1) is 16.5. The van der Waals surface area contributed by atoms with E-state index in [2.05, 4.69) is 23.7 Å². The van der Waals surface area contributed by atoms with Gasteiger partial charge < -0.3 is 0 Å². The third-order valence-electron chi connectivity index (χ3n) is 2.59. The summed E-state index contributed by atoms with van der Waals surface area (Å²) in [4.78, 5) is 0. The standard InChI is InChI=1S/C16H10Cl2.C2H6/c1-3-5-11-7-9-14-13(15(11)17)10-8-12(6-4-2)16(14)18;1-2/h7-10H,1-2H3;1-2H3. The van der Waals surface area contributed by atoms with E-state index in [-0.39, 0.29) is 0 Å². The molecule has 0 saturated carbocycles. The van der Waals surface area contributed by atoms with E-state index in [1.165, 1.54) is 0 Å². The predicted molar refractivity (Wildman–Crippen MR) is 90.4 cm³/mol. The summed E-state index contributed by atoms with van der Waals surface area (Å²) in [5.41, 5.74) is 1.63. The monoisotopic (exact) mass is 302 g/mol. The fourth-order valence-corrected chi connectivity index (χ4v) is 2.34. The molecule has 20 heavy (non-hydrogen) atoms. The zero-order valence-corrected chi connectivity index (χ0v) is 13.6. The Balaban J connectivity index is 0.000000956. The molecule has 0 N–H and O–H groups in total. The summed E-state index contributed by atoms with van der Waals surface area (Å²) in [6.45, 7) is 7.57. The van der Waals surface area contributed by atoms with Crippen LogP contribution in [0.3, 0.4) is 0 Å². The lowest BCUT2D eigenvalue weighted by molar-refractivity contribution is 1.50. The van der Waals surface area contributed by atoms with E-state index < -0.39 is 0 Å². The minimum atomic E-state index is 0.639. The van der Waals surface area contributed by atoms with Crippen molar-refractivity contribution in [2.24, 2.45) is 0 Å². The lowest BCUT2D eigenvalue weighted by Crippen LogP contribution is -1.85. The maximum Gasteiger partial charge on any atom is 0.0641 e. The minimum absolute atomic E-state index is 0.639. The molecule has 0 atom stereocenters. The summed E-state index contributed by atoms with van der Waals surface area (Å²) in [7, 11) is 0. The Kier molecular flexibility index (Phi) is 6.47. The van der Waals surface area contributed by atoms with Crippen LogP contribution in [-0.2, 0) is 0 Å². The van der Waals surface area contributed by atoms with E-state index >= 15 is 0 Å². The molecule has 0 aliphatic rings. The number of fused-ring (bicyclic) bond motifs is 1. The van der Waals surface area contributed by atoms with E-state index in [4.69, 9.17) is 23.2 Å². The highest BCUT2D eigenvalue weighted by atomic mass is 35.5. The quantitative estimate of drug-likeness (QED) is 0.530. The molecule has 2 aromatic carbocycles. The molecule has 2 aromatic rings. The minimum Gasteiger partial charge on any atom is -0.101 e. The Bertz CT molecular complexity index is 670. The van der Waals surface area contributed by atoms with E-state index in [1.807, 2.05) is 38.1 Å². The van der Waals surface area contributed by atoms with Gasteiger partial charge in [-0.05, 0) is 26.0 Å². The van der Waals surface area contributed by atoms with Crippen molar-refractivity contribution < 1.29 is 0 Å². The molecule has 0 bridgehead atoms. The third kappa shape index (κ3) is 3.29. The van der Waals surface area contributed by atoms with E-state index in [0.717, 1.165) is 21.9 Å². The van der Waals surface area contributed by atoms with Crippen LogP contribution in [-0.4, -0.2) is 0 Å². The Morgan fingerprint density at radius 2 is 1.05 bits per heavy atom. The molecule has 0 spiro atoms. The second-order valence-corrected chi connectivity index (χ2v) is 4.46. The maximum absolute atomic E-state index is 6.32. The first-order valence-corrected chi connectivity index (χ1v) is 7.21. The van der Waals surface area contributed by atoms with Crippen molar-refractivity contribution >= 4 is 34.0 Å². The van der Waals surface area contributed by atoms with E-state index in [9.17, 15) is 0 Å². The van der Waals surface area contributed by atoms with Gasteiger partial charge in [-0.15, -0.1) is 11.8 Å². The molecule has 0 aliphatic carbocycles. The average molecular weight is 303 g/mol. The van der Waals surface area contributed by atoms with Gasteiger partial charge in [-0.2, -0.15) is 0 Å². The summed E-state index contributed by atoms with van der Waals surface area (Å²) in [6.07, 6.45) is 0. The summed E-state index contributed by atoms with van der Waals surface area (Å²) >= 11 is 12.6. The SMILES string of the molecule is CC.CC#Cc1ccc2c(Cl)c(C#CC)ccc2c1Cl. The van der Waals surface area contributed by atoms with Crippen molar-refractivity contribution in [1.29, 1.82) is 0 Å². The van der Waals surface area contributed by atoms with Crippen molar-refractivity contribution in [2.75, 3.05) is 0 Å². The molecule has 2 rings (SSSR count). The highest BCUT2D eigenvalue weighted by Gasteiger charge is 2.09. The van der Waals surface area contributed by atoms with Crippen molar-refractivity contribution in [1.82, 2.24) is 0 Å². The molecule has 0 saturated heterocycles. The summed E-state index contributed by atoms with van der Waals surface area (Å²) in [5, 5.41) is 3.09. The van der Waals surface area contributed by atoms with Crippen LogP contribution in [0.1, 0.15) is 38.8 Å². The van der Waals surface area contributed by atoms with Gasteiger partial charge in [-0.3, -0.25) is 0 Å². The molecule has 0 aliphatic heterocycles. The topological polar surface area (TPSA) is 0 Å². The molecule has 2 heteroatoms. The molecule has 102 valence electrons. The molecule has 0 fully saturated rings. The molecule has 0 radical (unpaired) electrons. The summed E-state index contributed by atoms with van der Waals surface area (Å²) in [6, 6.07) is 7.64. The van der Waals surface area contributed by atoms with Crippen LogP contribution in [0.15, 0.2) is 24.3 Å². The first-order chi connectivity index (χ1) is 9.69. The van der Waals surface area contributed by atoms with Crippen molar-refractivity contribution in [3.8, 4) is 23.7 Å². The third-order valence-corrected chi connectivity index (χ3v) is 3.40. The zero-order chi connectivity index (χ0) is 15.1. The van der Waals surface area contributed by atoms with Crippen molar-refractivity contribution in [2.45, 2.75) is 27.7 Å². The van der Waals surface area contributed by atoms with Crippen LogP contribution in [0.4, 0.5) is 0 Å². The van der Waals surface area contributed by atoms with Crippen molar-refractivity contribution in [3.05, 3.63) is 45.4 Å². The Labute approximate surface area is 131 Å². The molecule has 0 aromatic heterocycles. The van der Waals surface area contributed by atoms with Crippen molar-refractivity contribution in [3.63, 3.8) is 0 Å². The predicted octanol–water partition coefficient (Wildman–Crippen LogP) is 5.92. The highest BCUT2D eigenvalue weighted by Crippen LogP contribution is 2.33. The first-order valence-electron chi connectivity index (χ1n) is 6.45. The van der Waals surface area contributed by atoms with Crippen LogP contribution in [0.5, 0.6) is 0 Å². The second kappa shape index (κ2) is 7.86. The van der Waals surface area contributed by atoms with Crippen LogP contribution in [0.25, 0.3) is 10.8 Å². The lowest BCUT2D eigenvalue weighted by Gasteiger charge is -2.06. The Hall–Kier alpha value is -1.60. The Morgan fingerprint density at radius 1 is 0.700 bits per heavy atom. The number of hydrogen-bond donors (Lipinski definition) is 0. The number of halogens is 2. The fraction of sp³-hybridized carbons (Fsp3) is 0.222. The van der Waals surface area contributed by atoms with Crippen LogP contribution < -0.4 is 0 Å². The van der Waals surface area contributed by atoms with E-state index in [1.54, 1.807) is 13.8 Å². The van der Waals surface area contributed by atoms with Gasteiger partial charge in [-0.1, -0.05) is 61.0 Å². The van der Waals surface area contributed by atoms with Gasteiger partial charge in [0, 0.05) is 21.9 Å². The smallest absolute Gasteiger partial charge is 0.0641 e. The van der Waals surface area contributed by atoms with Gasteiger partial charge in [0.25, 0.3) is 0 Å². The van der Waals surface area contributed by atoms with Gasteiger partial charge in [0.1, 0.15) is 0 Å². The number of benzene rings is 2. The Morgan fingerprint density at radius 3 is 1.35 bits per heavy atom. The van der Waals surface area contributed by atoms with Gasteiger partial charge >= 0.3 is 0 Å². The number of rotatable bonds is 0. The van der Waals surface area contributed by atoms with Gasteiger partial charge in [0.2, 0.25) is 0 Å². The largest absolute Gasteiger partial charge is 0.101 e. The molecule has 0 heterocycles. The van der Waals surface area contributed by atoms with Crippen LogP contribution in [0, 0.1) is 23.7 Å². The number of hydrogen-bond acceptors (Lipinski definition) is 0. The zero-order valence-electron chi connectivity index (χ0n) is 12.1. The molecular formula is C18H16Cl2. The van der Waals surface area contributed by atoms with Crippen LogP contribution in [0.2, 0.25) is 10.0 Å². The maximum atomic E-state index is 6.32. The normalized spacial score (nSPS) is 8.70. The van der Waals surface area contributed by atoms with E-state index in [0.29, 0.717) is 10.0 Å². The molecule has 0 amide bonds. The van der Waals surface area contributed by atoms with Crippen LogP contribution >= 0.6 is 23.2 Å². The molecular weight excluding hydrogens is 287 g/mol. The van der Waals surface area contributed by atoms with Gasteiger partial charge in [0.15, 0.2) is 0 Å². The van der Waals surface area contributed by atoms with Gasteiger partial charge in [0.05, 0.1) is 10.0 Å². The fourth-order valence-electron chi connectivity index (χ4n) is 1.79. The second-order valence-electron chi connectivity index (χ2n) is 3.70. The van der Waals surface area contributed by atoms with Gasteiger partial charge in [-0.25, -0.2) is 0 Å². The molecule has 0 unspecified atom stereocenters.